The highest BCUT2D eigenvalue weighted by Gasteiger charge is 2.10. The second-order valence-electron chi connectivity index (χ2n) is 6.46. The third-order valence-corrected chi connectivity index (χ3v) is 5.91. The molecule has 1 aromatic heterocycles. The maximum Gasteiger partial charge on any atom is 0.252 e. The van der Waals surface area contributed by atoms with Gasteiger partial charge in [0, 0.05) is 17.6 Å². The molecule has 27 heavy (non-hydrogen) atoms. The highest BCUT2D eigenvalue weighted by atomic mass is 79.9. The minimum absolute atomic E-state index is 0.125. The van der Waals surface area contributed by atoms with E-state index in [0.29, 0.717) is 26.2 Å². The van der Waals surface area contributed by atoms with Crippen LogP contribution in [0, 0.1) is 13.8 Å². The molecule has 6 heteroatoms. The molecular weight excluding hydrogens is 424 g/mol. The van der Waals surface area contributed by atoms with E-state index in [0.717, 1.165) is 36.2 Å². The fraction of sp³-hybridized carbons (Fsp3) is 0.333. The van der Waals surface area contributed by atoms with Gasteiger partial charge < -0.3 is 9.30 Å². The van der Waals surface area contributed by atoms with Crippen molar-refractivity contribution < 1.29 is 9.53 Å². The summed E-state index contributed by atoms with van der Waals surface area (Å²) >= 11 is 5.05. The number of aryl methyl sites for hydroxylation is 2. The van der Waals surface area contributed by atoms with Gasteiger partial charge in [-0.15, -0.1) is 0 Å². The fourth-order valence-corrected chi connectivity index (χ4v) is 4.57. The Kier molecular flexibility index (Phi) is 6.63. The lowest BCUT2D eigenvalue weighted by atomic mass is 10.0. The number of hydrogen-bond donors (Lipinski definition) is 0. The monoisotopic (exact) mass is 446 g/mol. The molecule has 3 rings (SSSR count). The molecule has 0 radical (unpaired) electrons. The molecule has 1 heterocycles. The SMILES string of the molecule is CCOCCn1c(=NC(=O)Cc2cc(C)ccc2C)sc2cc(Br)ccc21. The van der Waals surface area contributed by atoms with Crippen LogP contribution in [-0.4, -0.2) is 23.7 Å². The molecule has 4 nitrogen and oxygen atoms in total. The number of thiazole rings is 1. The van der Waals surface area contributed by atoms with Crippen molar-refractivity contribution in [3.05, 3.63) is 62.4 Å². The number of benzene rings is 2. The molecule has 0 unspecified atom stereocenters. The van der Waals surface area contributed by atoms with E-state index < -0.39 is 0 Å². The third kappa shape index (κ3) is 4.94. The summed E-state index contributed by atoms with van der Waals surface area (Å²) in [5.74, 6) is -0.125. The van der Waals surface area contributed by atoms with Crippen LogP contribution in [0.5, 0.6) is 0 Å². The van der Waals surface area contributed by atoms with Crippen molar-refractivity contribution in [3.63, 3.8) is 0 Å². The van der Waals surface area contributed by atoms with Crippen LogP contribution < -0.4 is 4.80 Å². The lowest BCUT2D eigenvalue weighted by Crippen LogP contribution is -2.20. The van der Waals surface area contributed by atoms with Gasteiger partial charge in [-0.3, -0.25) is 4.79 Å². The zero-order chi connectivity index (χ0) is 19.4. The number of carbonyl (C=O) groups is 1. The van der Waals surface area contributed by atoms with Gasteiger partial charge >= 0.3 is 0 Å². The van der Waals surface area contributed by atoms with Crippen LogP contribution in [0.3, 0.4) is 0 Å². The molecule has 0 aliphatic carbocycles. The number of ether oxygens (including phenoxy) is 1. The number of fused-ring (bicyclic) bond motifs is 1. The van der Waals surface area contributed by atoms with Crippen LogP contribution >= 0.6 is 27.3 Å². The third-order valence-electron chi connectivity index (χ3n) is 4.37. The number of carbonyl (C=O) groups excluding carboxylic acids is 1. The zero-order valence-corrected chi connectivity index (χ0v) is 18.2. The lowest BCUT2D eigenvalue weighted by Gasteiger charge is -2.06. The molecular formula is C21H23BrN2O2S. The van der Waals surface area contributed by atoms with Gasteiger partial charge in [-0.25, -0.2) is 0 Å². The van der Waals surface area contributed by atoms with E-state index in [1.165, 1.54) is 11.3 Å². The maximum absolute atomic E-state index is 12.7. The Morgan fingerprint density at radius 3 is 2.81 bits per heavy atom. The predicted molar refractivity (Wildman–Crippen MR) is 114 cm³/mol. The number of hydrogen-bond acceptors (Lipinski definition) is 3. The number of rotatable bonds is 6. The number of amides is 1. The van der Waals surface area contributed by atoms with Gasteiger partial charge in [-0.2, -0.15) is 4.99 Å². The van der Waals surface area contributed by atoms with E-state index in [-0.39, 0.29) is 5.91 Å². The largest absolute Gasteiger partial charge is 0.380 e. The fourth-order valence-electron chi connectivity index (χ4n) is 2.95. The quantitative estimate of drug-likeness (QED) is 0.510. The van der Waals surface area contributed by atoms with Crippen molar-refractivity contribution in [2.75, 3.05) is 13.2 Å². The smallest absolute Gasteiger partial charge is 0.252 e. The van der Waals surface area contributed by atoms with Gasteiger partial charge in [-0.05, 0) is 50.1 Å². The van der Waals surface area contributed by atoms with Crippen molar-refractivity contribution in [2.45, 2.75) is 33.7 Å². The summed E-state index contributed by atoms with van der Waals surface area (Å²) in [5, 5.41) is 0. The molecule has 0 saturated heterocycles. The lowest BCUT2D eigenvalue weighted by molar-refractivity contribution is -0.117. The first-order valence-corrected chi connectivity index (χ1v) is 10.6. The molecule has 0 fully saturated rings. The average Bonchev–Trinajstić information content (AvgIpc) is 2.94. The summed E-state index contributed by atoms with van der Waals surface area (Å²) in [7, 11) is 0. The Balaban J connectivity index is 1.96. The van der Waals surface area contributed by atoms with Gasteiger partial charge in [0.05, 0.1) is 23.2 Å². The second-order valence-corrected chi connectivity index (χ2v) is 8.38. The minimum atomic E-state index is -0.125. The van der Waals surface area contributed by atoms with Crippen molar-refractivity contribution >= 4 is 43.4 Å². The molecule has 0 aliphatic heterocycles. The van der Waals surface area contributed by atoms with E-state index in [9.17, 15) is 4.79 Å². The first-order chi connectivity index (χ1) is 13.0. The van der Waals surface area contributed by atoms with Gasteiger partial charge in [-0.1, -0.05) is 51.0 Å². The van der Waals surface area contributed by atoms with Crippen molar-refractivity contribution in [1.82, 2.24) is 4.57 Å². The molecule has 3 aromatic rings. The van der Waals surface area contributed by atoms with Crippen molar-refractivity contribution in [1.29, 1.82) is 0 Å². The van der Waals surface area contributed by atoms with Gasteiger partial charge in [0.15, 0.2) is 4.80 Å². The molecule has 142 valence electrons. The first-order valence-electron chi connectivity index (χ1n) is 8.98. The number of halogens is 1. The van der Waals surface area contributed by atoms with Crippen LogP contribution in [-0.2, 0) is 22.5 Å². The van der Waals surface area contributed by atoms with Gasteiger partial charge in [0.1, 0.15) is 0 Å². The summed E-state index contributed by atoms with van der Waals surface area (Å²) in [5.41, 5.74) is 4.38. The standard InChI is InChI=1S/C21H23BrN2O2S/c1-4-26-10-9-24-18-8-7-17(22)13-19(18)27-21(24)23-20(25)12-16-11-14(2)5-6-15(16)3/h5-8,11,13H,4,9-10,12H2,1-3H3. The van der Waals surface area contributed by atoms with Gasteiger partial charge in [0.2, 0.25) is 0 Å². The minimum Gasteiger partial charge on any atom is -0.380 e. The Bertz CT molecular complexity index is 1040. The molecule has 0 N–H and O–H groups in total. The van der Waals surface area contributed by atoms with Crippen LogP contribution in [0.1, 0.15) is 23.6 Å². The average molecular weight is 447 g/mol. The molecule has 1 amide bonds. The Morgan fingerprint density at radius 2 is 2.04 bits per heavy atom. The molecule has 0 atom stereocenters. The Hall–Kier alpha value is -1.76. The van der Waals surface area contributed by atoms with E-state index in [2.05, 4.69) is 55.8 Å². The Morgan fingerprint density at radius 1 is 1.22 bits per heavy atom. The number of nitrogens with zero attached hydrogens (tertiary/aromatic N) is 2. The second kappa shape index (κ2) is 8.95. The number of aromatic nitrogens is 1. The van der Waals surface area contributed by atoms with Gasteiger partial charge in [0.25, 0.3) is 5.91 Å². The topological polar surface area (TPSA) is 43.6 Å². The van der Waals surface area contributed by atoms with E-state index in [4.69, 9.17) is 4.74 Å². The highest BCUT2D eigenvalue weighted by molar-refractivity contribution is 9.10. The summed E-state index contributed by atoms with van der Waals surface area (Å²) < 4.78 is 9.70. The zero-order valence-electron chi connectivity index (χ0n) is 15.8. The highest BCUT2D eigenvalue weighted by Crippen LogP contribution is 2.22. The summed E-state index contributed by atoms with van der Waals surface area (Å²) in [4.78, 5) is 17.8. The predicted octanol–water partition coefficient (Wildman–Crippen LogP) is 4.79. The van der Waals surface area contributed by atoms with Crippen molar-refractivity contribution in [2.24, 2.45) is 4.99 Å². The molecule has 0 aliphatic rings. The van der Waals surface area contributed by atoms with E-state index in [1.807, 2.05) is 26.8 Å². The van der Waals surface area contributed by atoms with Crippen LogP contribution in [0.25, 0.3) is 10.2 Å². The molecule has 2 aromatic carbocycles. The van der Waals surface area contributed by atoms with Crippen LogP contribution in [0.4, 0.5) is 0 Å². The molecule has 0 spiro atoms. The Labute approximate surface area is 171 Å². The molecule has 0 bridgehead atoms. The summed E-state index contributed by atoms with van der Waals surface area (Å²) in [6, 6.07) is 12.3. The van der Waals surface area contributed by atoms with Crippen LogP contribution in [0.15, 0.2) is 45.9 Å². The van der Waals surface area contributed by atoms with Crippen molar-refractivity contribution in [3.8, 4) is 0 Å². The van der Waals surface area contributed by atoms with E-state index >= 15 is 0 Å². The molecule has 0 saturated carbocycles. The summed E-state index contributed by atoms with van der Waals surface area (Å²) in [6.45, 7) is 7.98. The normalized spacial score (nSPS) is 12.1. The maximum atomic E-state index is 12.7. The van der Waals surface area contributed by atoms with Crippen LogP contribution in [0.2, 0.25) is 0 Å². The van der Waals surface area contributed by atoms with E-state index in [1.54, 1.807) is 0 Å². The first kappa shape index (κ1) is 20.0. The summed E-state index contributed by atoms with van der Waals surface area (Å²) in [6.07, 6.45) is 0.316.